The van der Waals surface area contributed by atoms with Crippen LogP contribution in [-0.4, -0.2) is 5.91 Å². The number of nitrogen functional groups attached to an aromatic ring is 1. The van der Waals surface area contributed by atoms with E-state index in [0.717, 1.165) is 5.56 Å². The van der Waals surface area contributed by atoms with Gasteiger partial charge < -0.3 is 11.1 Å². The molecule has 0 radical (unpaired) electrons. The lowest BCUT2D eigenvalue weighted by atomic mass is 10.1. The summed E-state index contributed by atoms with van der Waals surface area (Å²) in [4.78, 5) is 12.1. The SMILES string of the molecule is Cc1ccc(Cl)cc1NC(=O)c1cc(N)cc(Cl)c1. The summed E-state index contributed by atoms with van der Waals surface area (Å²) in [5, 5.41) is 3.77. The van der Waals surface area contributed by atoms with Gasteiger partial charge in [0.15, 0.2) is 0 Å². The minimum Gasteiger partial charge on any atom is -0.399 e. The molecule has 0 bridgehead atoms. The summed E-state index contributed by atoms with van der Waals surface area (Å²) in [6.07, 6.45) is 0. The maximum atomic E-state index is 12.1. The zero-order valence-corrected chi connectivity index (χ0v) is 11.7. The van der Waals surface area contributed by atoms with Crippen LogP contribution in [0.3, 0.4) is 0 Å². The number of nitrogens with one attached hydrogen (secondary N) is 1. The van der Waals surface area contributed by atoms with E-state index in [1.807, 2.05) is 13.0 Å². The van der Waals surface area contributed by atoms with Crippen molar-refractivity contribution in [2.75, 3.05) is 11.1 Å². The van der Waals surface area contributed by atoms with Gasteiger partial charge in [-0.2, -0.15) is 0 Å². The Morgan fingerprint density at radius 1 is 1.11 bits per heavy atom. The number of carbonyl (C=O) groups excluding carboxylic acids is 1. The molecule has 19 heavy (non-hydrogen) atoms. The molecule has 0 heterocycles. The minimum absolute atomic E-state index is 0.278. The molecule has 0 unspecified atom stereocenters. The highest BCUT2D eigenvalue weighted by Gasteiger charge is 2.09. The molecule has 0 saturated heterocycles. The van der Waals surface area contributed by atoms with Crippen LogP contribution in [0.15, 0.2) is 36.4 Å². The lowest BCUT2D eigenvalue weighted by Crippen LogP contribution is -2.13. The highest BCUT2D eigenvalue weighted by molar-refractivity contribution is 6.31. The van der Waals surface area contributed by atoms with Crippen molar-refractivity contribution in [3.8, 4) is 0 Å². The van der Waals surface area contributed by atoms with Gasteiger partial charge in [-0.25, -0.2) is 0 Å². The van der Waals surface area contributed by atoms with E-state index in [1.165, 1.54) is 0 Å². The van der Waals surface area contributed by atoms with Gasteiger partial charge in [-0.3, -0.25) is 4.79 Å². The number of hydrogen-bond donors (Lipinski definition) is 2. The van der Waals surface area contributed by atoms with E-state index in [1.54, 1.807) is 30.3 Å². The normalized spacial score (nSPS) is 10.3. The first-order chi connectivity index (χ1) is 8.95. The van der Waals surface area contributed by atoms with Crippen molar-refractivity contribution in [2.45, 2.75) is 6.92 Å². The van der Waals surface area contributed by atoms with Crippen molar-refractivity contribution in [3.05, 3.63) is 57.6 Å². The van der Waals surface area contributed by atoms with Crippen LogP contribution in [0.5, 0.6) is 0 Å². The van der Waals surface area contributed by atoms with Crippen LogP contribution in [-0.2, 0) is 0 Å². The average Bonchev–Trinajstić information content (AvgIpc) is 2.32. The van der Waals surface area contributed by atoms with Gasteiger partial charge in [-0.1, -0.05) is 29.3 Å². The number of anilines is 2. The summed E-state index contributed by atoms with van der Waals surface area (Å²) in [5.41, 5.74) is 8.10. The fraction of sp³-hybridized carbons (Fsp3) is 0.0714. The first-order valence-corrected chi connectivity index (χ1v) is 6.35. The molecule has 0 aromatic heterocycles. The fourth-order valence-electron chi connectivity index (χ4n) is 1.67. The minimum atomic E-state index is -0.278. The summed E-state index contributed by atoms with van der Waals surface area (Å²) in [7, 11) is 0. The molecule has 0 aliphatic heterocycles. The first-order valence-electron chi connectivity index (χ1n) is 5.59. The van der Waals surface area contributed by atoms with Gasteiger partial charge in [0.25, 0.3) is 5.91 Å². The smallest absolute Gasteiger partial charge is 0.255 e. The van der Waals surface area contributed by atoms with E-state index in [-0.39, 0.29) is 5.91 Å². The molecule has 2 aromatic rings. The molecule has 0 atom stereocenters. The van der Waals surface area contributed by atoms with E-state index in [9.17, 15) is 4.79 Å². The topological polar surface area (TPSA) is 55.1 Å². The van der Waals surface area contributed by atoms with Crippen LogP contribution < -0.4 is 11.1 Å². The number of aryl methyl sites for hydroxylation is 1. The molecule has 0 aliphatic rings. The van der Waals surface area contributed by atoms with Gasteiger partial charge in [-0.05, 0) is 42.8 Å². The highest BCUT2D eigenvalue weighted by Crippen LogP contribution is 2.22. The van der Waals surface area contributed by atoms with E-state index in [2.05, 4.69) is 5.32 Å². The van der Waals surface area contributed by atoms with Crippen LogP contribution in [0.1, 0.15) is 15.9 Å². The molecule has 2 aromatic carbocycles. The number of hydrogen-bond acceptors (Lipinski definition) is 2. The number of carbonyl (C=O) groups is 1. The van der Waals surface area contributed by atoms with Crippen LogP contribution in [0.4, 0.5) is 11.4 Å². The molecule has 5 heteroatoms. The maximum absolute atomic E-state index is 12.1. The molecule has 0 spiro atoms. The highest BCUT2D eigenvalue weighted by atomic mass is 35.5. The molecule has 0 fully saturated rings. The Morgan fingerprint density at radius 3 is 2.53 bits per heavy atom. The predicted octanol–water partition coefficient (Wildman–Crippen LogP) is 4.14. The number of halogens is 2. The summed E-state index contributed by atoms with van der Waals surface area (Å²) in [6, 6.07) is 10.0. The second kappa shape index (κ2) is 5.51. The Balaban J connectivity index is 2.28. The summed E-state index contributed by atoms with van der Waals surface area (Å²) in [6.45, 7) is 1.89. The number of amides is 1. The van der Waals surface area contributed by atoms with Crippen molar-refractivity contribution in [2.24, 2.45) is 0 Å². The standard InChI is InChI=1S/C14H12Cl2N2O/c1-8-2-3-10(15)7-13(8)18-14(19)9-4-11(16)6-12(17)5-9/h2-7H,17H2,1H3,(H,18,19). The molecular weight excluding hydrogens is 283 g/mol. The maximum Gasteiger partial charge on any atom is 0.255 e. The van der Waals surface area contributed by atoms with Crippen LogP contribution in [0.25, 0.3) is 0 Å². The van der Waals surface area contributed by atoms with E-state index >= 15 is 0 Å². The molecule has 98 valence electrons. The summed E-state index contributed by atoms with van der Waals surface area (Å²) < 4.78 is 0. The Morgan fingerprint density at radius 2 is 1.84 bits per heavy atom. The van der Waals surface area contributed by atoms with E-state index < -0.39 is 0 Å². The average molecular weight is 295 g/mol. The van der Waals surface area contributed by atoms with Crippen molar-refractivity contribution in [1.29, 1.82) is 0 Å². The second-order valence-corrected chi connectivity index (χ2v) is 5.06. The molecule has 3 nitrogen and oxygen atoms in total. The lowest BCUT2D eigenvalue weighted by Gasteiger charge is -2.09. The number of rotatable bonds is 2. The van der Waals surface area contributed by atoms with Gasteiger partial charge in [0.2, 0.25) is 0 Å². The monoisotopic (exact) mass is 294 g/mol. The Bertz CT molecular complexity index is 621. The molecule has 3 N–H and O–H groups in total. The molecule has 1 amide bonds. The summed E-state index contributed by atoms with van der Waals surface area (Å²) >= 11 is 11.8. The lowest BCUT2D eigenvalue weighted by molar-refractivity contribution is 0.102. The Kier molecular flexibility index (Phi) is 3.98. The van der Waals surface area contributed by atoms with Gasteiger partial charge in [-0.15, -0.1) is 0 Å². The third-order valence-electron chi connectivity index (χ3n) is 2.63. The predicted molar refractivity (Wildman–Crippen MR) is 80.0 cm³/mol. The van der Waals surface area contributed by atoms with Gasteiger partial charge in [0.05, 0.1) is 0 Å². The van der Waals surface area contributed by atoms with Crippen molar-refractivity contribution >= 4 is 40.5 Å². The van der Waals surface area contributed by atoms with Crippen LogP contribution in [0.2, 0.25) is 10.0 Å². The Hall–Kier alpha value is -1.71. The van der Waals surface area contributed by atoms with Gasteiger partial charge in [0, 0.05) is 27.0 Å². The van der Waals surface area contributed by atoms with Crippen LogP contribution >= 0.6 is 23.2 Å². The zero-order chi connectivity index (χ0) is 14.0. The zero-order valence-electron chi connectivity index (χ0n) is 10.2. The van der Waals surface area contributed by atoms with Crippen molar-refractivity contribution in [1.82, 2.24) is 0 Å². The van der Waals surface area contributed by atoms with Gasteiger partial charge >= 0.3 is 0 Å². The summed E-state index contributed by atoms with van der Waals surface area (Å²) in [5.74, 6) is -0.278. The van der Waals surface area contributed by atoms with E-state index in [0.29, 0.717) is 27.0 Å². The third-order valence-corrected chi connectivity index (χ3v) is 3.08. The number of benzene rings is 2. The molecule has 0 aliphatic carbocycles. The molecule has 0 saturated carbocycles. The Labute approximate surface area is 121 Å². The molecular formula is C14H12Cl2N2O. The van der Waals surface area contributed by atoms with Crippen LogP contribution in [0, 0.1) is 6.92 Å². The largest absolute Gasteiger partial charge is 0.399 e. The quantitative estimate of drug-likeness (QED) is 0.818. The van der Waals surface area contributed by atoms with Crippen molar-refractivity contribution in [3.63, 3.8) is 0 Å². The first kappa shape index (κ1) is 13.7. The molecule has 2 rings (SSSR count). The van der Waals surface area contributed by atoms with Crippen molar-refractivity contribution < 1.29 is 4.79 Å². The van der Waals surface area contributed by atoms with Gasteiger partial charge in [0.1, 0.15) is 0 Å². The third kappa shape index (κ3) is 3.40. The second-order valence-electron chi connectivity index (χ2n) is 4.19. The fourth-order valence-corrected chi connectivity index (χ4v) is 2.08. The van der Waals surface area contributed by atoms with E-state index in [4.69, 9.17) is 28.9 Å². The number of nitrogens with two attached hydrogens (primary N) is 1.